The van der Waals surface area contributed by atoms with E-state index < -0.39 is 0 Å². The molecule has 0 spiro atoms. The van der Waals surface area contributed by atoms with Crippen LogP contribution in [0.15, 0.2) is 42.5 Å². The van der Waals surface area contributed by atoms with Gasteiger partial charge in [-0.2, -0.15) is 0 Å². The van der Waals surface area contributed by atoms with Gasteiger partial charge in [0.15, 0.2) is 0 Å². The minimum Gasteiger partial charge on any atom is -0.300 e. The molecule has 0 radical (unpaired) electrons. The molecular formula is C16H15FO. The van der Waals surface area contributed by atoms with E-state index in [9.17, 15) is 9.18 Å². The quantitative estimate of drug-likeness (QED) is 0.797. The lowest BCUT2D eigenvalue weighted by molar-refractivity contribution is -0.116. The first-order valence-corrected chi connectivity index (χ1v) is 5.91. The van der Waals surface area contributed by atoms with Crippen LogP contribution in [0.1, 0.15) is 18.1 Å². The molecule has 0 unspecified atom stereocenters. The highest BCUT2D eigenvalue weighted by atomic mass is 19.1. The fraction of sp³-hybridized carbons (Fsp3) is 0.188. The summed E-state index contributed by atoms with van der Waals surface area (Å²) in [6, 6.07) is 12.9. The van der Waals surface area contributed by atoms with Crippen molar-refractivity contribution in [3.05, 3.63) is 59.4 Å². The summed E-state index contributed by atoms with van der Waals surface area (Å²) in [5.74, 6) is -0.0514. The second kappa shape index (κ2) is 5.13. The lowest BCUT2D eigenvalue weighted by Gasteiger charge is -2.05. The van der Waals surface area contributed by atoms with Crippen LogP contribution < -0.4 is 0 Å². The summed E-state index contributed by atoms with van der Waals surface area (Å²) in [6.45, 7) is 3.32. The first-order valence-electron chi connectivity index (χ1n) is 5.91. The number of halogens is 1. The third-order valence-corrected chi connectivity index (χ3v) is 2.91. The Morgan fingerprint density at radius 3 is 2.22 bits per heavy atom. The predicted molar refractivity (Wildman–Crippen MR) is 71.0 cm³/mol. The number of hydrogen-bond acceptors (Lipinski definition) is 1. The van der Waals surface area contributed by atoms with Crippen molar-refractivity contribution in [3.63, 3.8) is 0 Å². The highest BCUT2D eigenvalue weighted by Crippen LogP contribution is 2.22. The van der Waals surface area contributed by atoms with E-state index in [0.717, 1.165) is 16.7 Å². The molecule has 0 fully saturated rings. The van der Waals surface area contributed by atoms with Gasteiger partial charge in [0.1, 0.15) is 11.6 Å². The molecule has 0 N–H and O–H groups in total. The minimum atomic E-state index is -0.194. The van der Waals surface area contributed by atoms with E-state index in [2.05, 4.69) is 0 Å². The van der Waals surface area contributed by atoms with Crippen LogP contribution in [-0.2, 0) is 11.2 Å². The van der Waals surface area contributed by atoms with E-state index in [1.807, 2.05) is 30.3 Å². The van der Waals surface area contributed by atoms with E-state index in [1.165, 1.54) is 6.07 Å². The molecule has 2 aromatic carbocycles. The molecule has 0 aliphatic carbocycles. The monoisotopic (exact) mass is 242 g/mol. The van der Waals surface area contributed by atoms with E-state index in [0.29, 0.717) is 12.0 Å². The molecule has 0 atom stereocenters. The van der Waals surface area contributed by atoms with Crippen LogP contribution in [0.3, 0.4) is 0 Å². The third kappa shape index (κ3) is 2.83. The normalized spacial score (nSPS) is 10.4. The molecule has 1 nitrogen and oxygen atoms in total. The Balaban J connectivity index is 2.28. The van der Waals surface area contributed by atoms with E-state index in [4.69, 9.17) is 0 Å². The number of aryl methyl sites for hydroxylation is 1. The Hall–Kier alpha value is -1.96. The van der Waals surface area contributed by atoms with Gasteiger partial charge in [0.25, 0.3) is 0 Å². The maximum atomic E-state index is 13.5. The standard InChI is InChI=1S/C16H15FO/c1-11-3-6-15(10-16(11)17)14-7-4-13(5-8-14)9-12(2)18/h3-8,10H,9H2,1-2H3. The van der Waals surface area contributed by atoms with E-state index in [-0.39, 0.29) is 11.6 Å². The van der Waals surface area contributed by atoms with Crippen LogP contribution in [-0.4, -0.2) is 5.78 Å². The zero-order chi connectivity index (χ0) is 13.1. The molecule has 0 bridgehead atoms. The minimum absolute atomic E-state index is 0.143. The average molecular weight is 242 g/mol. The fourth-order valence-corrected chi connectivity index (χ4v) is 1.87. The van der Waals surface area contributed by atoms with E-state index >= 15 is 0 Å². The van der Waals surface area contributed by atoms with Crippen molar-refractivity contribution in [2.45, 2.75) is 20.3 Å². The molecule has 2 aromatic rings. The summed E-state index contributed by atoms with van der Waals surface area (Å²) in [5.41, 5.74) is 3.44. The van der Waals surface area contributed by atoms with Gasteiger partial charge in [-0.05, 0) is 42.2 Å². The predicted octanol–water partition coefficient (Wildman–Crippen LogP) is 3.93. The Morgan fingerprint density at radius 2 is 1.67 bits per heavy atom. The van der Waals surface area contributed by atoms with Gasteiger partial charge in [-0.1, -0.05) is 36.4 Å². The number of hydrogen-bond donors (Lipinski definition) is 0. The Kier molecular flexibility index (Phi) is 3.56. The van der Waals surface area contributed by atoms with Crippen LogP contribution in [0.25, 0.3) is 11.1 Å². The van der Waals surface area contributed by atoms with Crippen LogP contribution in [0.2, 0.25) is 0 Å². The Labute approximate surface area is 106 Å². The van der Waals surface area contributed by atoms with Crippen molar-refractivity contribution < 1.29 is 9.18 Å². The summed E-state index contributed by atoms with van der Waals surface area (Å²) in [6.07, 6.45) is 0.447. The highest BCUT2D eigenvalue weighted by molar-refractivity contribution is 5.78. The van der Waals surface area contributed by atoms with Crippen LogP contribution in [0, 0.1) is 12.7 Å². The molecule has 2 rings (SSSR count). The summed E-state index contributed by atoms with van der Waals surface area (Å²) in [7, 11) is 0. The first kappa shape index (κ1) is 12.5. The van der Waals surface area contributed by atoms with Gasteiger partial charge in [0.05, 0.1) is 0 Å². The molecule has 0 heterocycles. The van der Waals surface area contributed by atoms with Crippen molar-refractivity contribution in [1.29, 1.82) is 0 Å². The van der Waals surface area contributed by atoms with Gasteiger partial charge < -0.3 is 0 Å². The fourth-order valence-electron chi connectivity index (χ4n) is 1.87. The molecule has 18 heavy (non-hydrogen) atoms. The Morgan fingerprint density at radius 1 is 1.06 bits per heavy atom. The van der Waals surface area contributed by atoms with Gasteiger partial charge in [-0.15, -0.1) is 0 Å². The number of carbonyl (C=O) groups excluding carboxylic acids is 1. The zero-order valence-electron chi connectivity index (χ0n) is 10.5. The van der Waals surface area contributed by atoms with Gasteiger partial charge >= 0.3 is 0 Å². The number of ketones is 1. The number of benzene rings is 2. The molecule has 92 valence electrons. The molecule has 2 heteroatoms. The van der Waals surface area contributed by atoms with Crippen molar-refractivity contribution in [2.24, 2.45) is 0 Å². The molecule has 0 aliphatic heterocycles. The molecule has 0 saturated carbocycles. The molecular weight excluding hydrogens is 227 g/mol. The second-order valence-electron chi connectivity index (χ2n) is 4.54. The van der Waals surface area contributed by atoms with Crippen molar-refractivity contribution >= 4 is 5.78 Å². The first-order chi connectivity index (χ1) is 8.56. The summed E-state index contributed by atoms with van der Waals surface area (Å²) in [4.78, 5) is 11.0. The Bertz CT molecular complexity index is 570. The van der Waals surface area contributed by atoms with Crippen LogP contribution >= 0.6 is 0 Å². The summed E-state index contributed by atoms with van der Waals surface area (Å²) >= 11 is 0. The van der Waals surface area contributed by atoms with E-state index in [1.54, 1.807) is 19.9 Å². The number of Topliss-reactive ketones (excluding diaryl/α,β-unsaturated/α-hetero) is 1. The smallest absolute Gasteiger partial charge is 0.134 e. The maximum Gasteiger partial charge on any atom is 0.134 e. The number of rotatable bonds is 3. The third-order valence-electron chi connectivity index (χ3n) is 2.91. The summed E-state index contributed by atoms with van der Waals surface area (Å²) in [5, 5.41) is 0. The molecule has 0 aliphatic rings. The zero-order valence-corrected chi connectivity index (χ0v) is 10.5. The van der Waals surface area contributed by atoms with Crippen molar-refractivity contribution in [1.82, 2.24) is 0 Å². The molecule has 0 amide bonds. The summed E-state index contributed by atoms with van der Waals surface area (Å²) < 4.78 is 13.5. The molecule has 0 saturated heterocycles. The highest BCUT2D eigenvalue weighted by Gasteiger charge is 2.03. The lowest BCUT2D eigenvalue weighted by Crippen LogP contribution is -1.95. The lowest BCUT2D eigenvalue weighted by atomic mass is 10.0. The maximum absolute atomic E-state index is 13.5. The average Bonchev–Trinajstić information content (AvgIpc) is 2.33. The van der Waals surface area contributed by atoms with Crippen LogP contribution in [0.5, 0.6) is 0 Å². The topological polar surface area (TPSA) is 17.1 Å². The van der Waals surface area contributed by atoms with Crippen molar-refractivity contribution in [3.8, 4) is 11.1 Å². The van der Waals surface area contributed by atoms with Gasteiger partial charge in [0.2, 0.25) is 0 Å². The number of carbonyl (C=O) groups is 1. The molecule has 0 aromatic heterocycles. The second-order valence-corrected chi connectivity index (χ2v) is 4.54. The van der Waals surface area contributed by atoms with Gasteiger partial charge in [-0.25, -0.2) is 4.39 Å². The largest absolute Gasteiger partial charge is 0.300 e. The van der Waals surface area contributed by atoms with Gasteiger partial charge in [0, 0.05) is 6.42 Å². The van der Waals surface area contributed by atoms with Crippen molar-refractivity contribution in [2.75, 3.05) is 0 Å². The SMILES string of the molecule is CC(=O)Cc1ccc(-c2ccc(C)c(F)c2)cc1. The van der Waals surface area contributed by atoms with Gasteiger partial charge in [-0.3, -0.25) is 4.79 Å². The van der Waals surface area contributed by atoms with Crippen LogP contribution in [0.4, 0.5) is 4.39 Å².